The fourth-order valence-electron chi connectivity index (χ4n) is 2.17. The van der Waals surface area contributed by atoms with Crippen molar-refractivity contribution in [3.8, 4) is 11.5 Å². The molecular weight excluding hydrogens is 328 g/mol. The Hall–Kier alpha value is -2.04. The number of ether oxygens (including phenoxy) is 2. The fourth-order valence-corrected chi connectivity index (χ4v) is 2.30. The molecule has 0 spiro atoms. The van der Waals surface area contributed by atoms with Gasteiger partial charge in [0, 0.05) is 5.02 Å². The number of rotatable bonds is 7. The summed E-state index contributed by atoms with van der Waals surface area (Å²) in [6.07, 6.45) is 0.662. The van der Waals surface area contributed by atoms with E-state index in [1.165, 1.54) is 0 Å². The summed E-state index contributed by atoms with van der Waals surface area (Å²) in [5, 5.41) is 11.2. The fraction of sp³-hybridized carbons (Fsp3) is 0.316. The Labute approximate surface area is 147 Å². The van der Waals surface area contributed by atoms with Crippen LogP contribution in [0.25, 0.3) is 0 Å². The summed E-state index contributed by atoms with van der Waals surface area (Å²) in [6, 6.07) is 14.0. The molecule has 5 heteroatoms. The molecule has 0 aliphatic heterocycles. The maximum absolute atomic E-state index is 11.7. The number of carbonyl (C=O) groups excluding carboxylic acids is 1. The van der Waals surface area contributed by atoms with Gasteiger partial charge in [0.1, 0.15) is 11.5 Å². The van der Waals surface area contributed by atoms with Crippen LogP contribution in [0.2, 0.25) is 5.02 Å². The van der Waals surface area contributed by atoms with E-state index in [-0.39, 0.29) is 6.42 Å². The highest BCUT2D eigenvalue weighted by Crippen LogP contribution is 2.29. The third kappa shape index (κ3) is 5.25. The largest absolute Gasteiger partial charge is 0.466 e. The van der Waals surface area contributed by atoms with Gasteiger partial charge in [-0.1, -0.05) is 30.7 Å². The lowest BCUT2D eigenvalue weighted by molar-refractivity contribution is -0.149. The Balaban J connectivity index is 2.02. The molecule has 2 rings (SSSR count). The van der Waals surface area contributed by atoms with Crippen LogP contribution >= 0.6 is 11.6 Å². The first kappa shape index (κ1) is 18.3. The highest BCUT2D eigenvalue weighted by Gasteiger charge is 2.27. The smallest absolute Gasteiger partial charge is 0.309 e. The Bertz CT molecular complexity index is 663. The van der Waals surface area contributed by atoms with E-state index in [4.69, 9.17) is 21.1 Å². The summed E-state index contributed by atoms with van der Waals surface area (Å²) >= 11 is 5.84. The minimum absolute atomic E-state index is 0.0929. The van der Waals surface area contributed by atoms with Gasteiger partial charge < -0.3 is 14.6 Å². The molecule has 0 amide bonds. The summed E-state index contributed by atoms with van der Waals surface area (Å²) in [5.41, 5.74) is -0.664. The number of hydrogen-bond donors (Lipinski definition) is 1. The number of carbonyl (C=O) groups is 1. The molecule has 0 aromatic heterocycles. The van der Waals surface area contributed by atoms with E-state index in [0.29, 0.717) is 28.7 Å². The molecule has 0 aliphatic carbocycles. The van der Waals surface area contributed by atoms with Crippen molar-refractivity contribution in [3.05, 3.63) is 59.1 Å². The molecule has 4 nitrogen and oxygen atoms in total. The van der Waals surface area contributed by atoms with Gasteiger partial charge in [0.15, 0.2) is 0 Å². The standard InChI is InChI=1S/C19H21ClO4/c1-3-12-23-18(21)13-19(2,22)14-4-8-16(9-5-14)24-17-10-6-15(20)7-11-17/h4-11,22H,3,12-13H2,1-2H3. The van der Waals surface area contributed by atoms with Gasteiger partial charge in [-0.3, -0.25) is 4.79 Å². The first-order valence-corrected chi connectivity index (χ1v) is 8.20. The van der Waals surface area contributed by atoms with Crippen molar-refractivity contribution < 1.29 is 19.4 Å². The predicted molar refractivity (Wildman–Crippen MR) is 93.4 cm³/mol. The van der Waals surface area contributed by atoms with E-state index < -0.39 is 11.6 Å². The summed E-state index contributed by atoms with van der Waals surface area (Å²) in [6.45, 7) is 3.88. The second kappa shape index (κ2) is 8.18. The Morgan fingerprint density at radius 3 is 2.17 bits per heavy atom. The van der Waals surface area contributed by atoms with Crippen molar-refractivity contribution in [2.75, 3.05) is 6.61 Å². The van der Waals surface area contributed by atoms with Gasteiger partial charge in [0.25, 0.3) is 0 Å². The van der Waals surface area contributed by atoms with Crippen molar-refractivity contribution in [1.82, 2.24) is 0 Å². The minimum atomic E-state index is -1.29. The van der Waals surface area contributed by atoms with Crippen LogP contribution in [-0.4, -0.2) is 17.7 Å². The van der Waals surface area contributed by atoms with Crippen molar-refractivity contribution in [1.29, 1.82) is 0 Å². The SMILES string of the molecule is CCCOC(=O)CC(C)(O)c1ccc(Oc2ccc(Cl)cc2)cc1. The number of benzene rings is 2. The third-order valence-electron chi connectivity index (χ3n) is 3.48. The van der Waals surface area contributed by atoms with Crippen molar-refractivity contribution in [2.24, 2.45) is 0 Å². The molecule has 1 N–H and O–H groups in total. The van der Waals surface area contributed by atoms with Crippen LogP contribution in [0.3, 0.4) is 0 Å². The second-order valence-electron chi connectivity index (χ2n) is 5.75. The van der Waals surface area contributed by atoms with Crippen molar-refractivity contribution in [2.45, 2.75) is 32.3 Å². The average Bonchev–Trinajstić information content (AvgIpc) is 2.55. The minimum Gasteiger partial charge on any atom is -0.466 e. The van der Waals surface area contributed by atoms with Crippen LogP contribution in [0.4, 0.5) is 0 Å². The van der Waals surface area contributed by atoms with Gasteiger partial charge in [-0.25, -0.2) is 0 Å². The number of halogens is 1. The molecule has 1 atom stereocenters. The summed E-state index contributed by atoms with van der Waals surface area (Å²) in [4.78, 5) is 11.7. The van der Waals surface area contributed by atoms with E-state index in [0.717, 1.165) is 6.42 Å². The van der Waals surface area contributed by atoms with Gasteiger partial charge in [-0.2, -0.15) is 0 Å². The molecular formula is C19H21ClO4. The van der Waals surface area contributed by atoms with Crippen LogP contribution in [-0.2, 0) is 15.1 Å². The van der Waals surface area contributed by atoms with E-state index in [1.807, 2.05) is 6.92 Å². The first-order valence-electron chi connectivity index (χ1n) is 7.82. The highest BCUT2D eigenvalue weighted by molar-refractivity contribution is 6.30. The van der Waals surface area contributed by atoms with Crippen LogP contribution in [0, 0.1) is 0 Å². The number of esters is 1. The normalized spacial score (nSPS) is 13.2. The van der Waals surface area contributed by atoms with Crippen molar-refractivity contribution in [3.63, 3.8) is 0 Å². The van der Waals surface area contributed by atoms with E-state index >= 15 is 0 Å². The summed E-state index contributed by atoms with van der Waals surface area (Å²) in [7, 11) is 0. The highest BCUT2D eigenvalue weighted by atomic mass is 35.5. The third-order valence-corrected chi connectivity index (χ3v) is 3.73. The Morgan fingerprint density at radius 1 is 1.08 bits per heavy atom. The Kier molecular flexibility index (Phi) is 6.23. The van der Waals surface area contributed by atoms with E-state index in [1.54, 1.807) is 55.5 Å². The zero-order valence-electron chi connectivity index (χ0n) is 13.8. The molecule has 0 aliphatic rings. The van der Waals surface area contributed by atoms with Crippen molar-refractivity contribution >= 4 is 17.6 Å². The maximum atomic E-state index is 11.7. The van der Waals surface area contributed by atoms with Crippen LogP contribution in [0.5, 0.6) is 11.5 Å². The predicted octanol–water partition coefficient (Wildman–Crippen LogP) is 4.68. The van der Waals surface area contributed by atoms with E-state index in [9.17, 15) is 9.90 Å². The number of hydrogen-bond acceptors (Lipinski definition) is 4. The zero-order chi connectivity index (χ0) is 17.6. The molecule has 24 heavy (non-hydrogen) atoms. The van der Waals surface area contributed by atoms with Crippen LogP contribution < -0.4 is 4.74 Å². The average molecular weight is 349 g/mol. The maximum Gasteiger partial charge on any atom is 0.309 e. The molecule has 0 fully saturated rings. The molecule has 0 radical (unpaired) electrons. The summed E-state index contributed by atoms with van der Waals surface area (Å²) < 4.78 is 10.7. The molecule has 0 saturated carbocycles. The quantitative estimate of drug-likeness (QED) is 0.738. The molecule has 0 bridgehead atoms. The topological polar surface area (TPSA) is 55.8 Å². The van der Waals surface area contributed by atoms with Gasteiger partial charge in [-0.15, -0.1) is 0 Å². The molecule has 1 unspecified atom stereocenters. The molecule has 2 aromatic rings. The molecule has 128 valence electrons. The Morgan fingerprint density at radius 2 is 1.62 bits per heavy atom. The first-order chi connectivity index (χ1) is 11.4. The second-order valence-corrected chi connectivity index (χ2v) is 6.19. The van der Waals surface area contributed by atoms with Gasteiger partial charge >= 0.3 is 5.97 Å². The van der Waals surface area contributed by atoms with Crippen LogP contribution in [0.1, 0.15) is 32.3 Å². The zero-order valence-corrected chi connectivity index (χ0v) is 14.5. The van der Waals surface area contributed by atoms with E-state index in [2.05, 4.69) is 0 Å². The van der Waals surface area contributed by atoms with Crippen LogP contribution in [0.15, 0.2) is 48.5 Å². The van der Waals surface area contributed by atoms with Gasteiger partial charge in [-0.05, 0) is 55.3 Å². The lowest BCUT2D eigenvalue weighted by atomic mass is 9.92. The monoisotopic (exact) mass is 348 g/mol. The lowest BCUT2D eigenvalue weighted by Crippen LogP contribution is -2.26. The molecule has 2 aromatic carbocycles. The van der Waals surface area contributed by atoms with Gasteiger partial charge in [0.2, 0.25) is 0 Å². The molecule has 0 heterocycles. The number of aliphatic hydroxyl groups is 1. The summed E-state index contributed by atoms with van der Waals surface area (Å²) in [5.74, 6) is 0.885. The van der Waals surface area contributed by atoms with Gasteiger partial charge in [0.05, 0.1) is 18.6 Å². The lowest BCUT2D eigenvalue weighted by Gasteiger charge is -2.23. The molecule has 0 saturated heterocycles.